The van der Waals surface area contributed by atoms with Crippen LogP contribution in [-0.4, -0.2) is 30.7 Å². The molecular formula is C32H29F2O8P. The highest BCUT2D eigenvalue weighted by atomic mass is 31.2. The van der Waals surface area contributed by atoms with Crippen LogP contribution in [0.5, 0.6) is 23.0 Å². The number of Topliss-reactive ketones (excluding diaryl/α,β-unsaturated/α-hetero) is 2. The van der Waals surface area contributed by atoms with Gasteiger partial charge in [-0.25, -0.2) is 13.3 Å². The van der Waals surface area contributed by atoms with Crippen molar-refractivity contribution in [3.05, 3.63) is 119 Å². The molecule has 0 heterocycles. The van der Waals surface area contributed by atoms with Crippen molar-refractivity contribution >= 4 is 19.4 Å². The highest BCUT2D eigenvalue weighted by molar-refractivity contribution is 7.48. The van der Waals surface area contributed by atoms with Crippen LogP contribution in [0.4, 0.5) is 8.78 Å². The van der Waals surface area contributed by atoms with Gasteiger partial charge in [-0.2, -0.15) is 0 Å². The Kier molecular flexibility index (Phi) is 10.3. The number of carbonyl (C=O) groups is 2. The molecule has 0 aliphatic rings. The zero-order valence-electron chi connectivity index (χ0n) is 23.4. The highest BCUT2D eigenvalue weighted by Gasteiger charge is 2.27. The van der Waals surface area contributed by atoms with Gasteiger partial charge in [-0.05, 0) is 72.5 Å². The second kappa shape index (κ2) is 14.1. The minimum atomic E-state index is -4.73. The van der Waals surface area contributed by atoms with E-state index in [1.165, 1.54) is 74.9 Å². The van der Waals surface area contributed by atoms with E-state index in [1.54, 1.807) is 24.3 Å². The van der Waals surface area contributed by atoms with E-state index < -0.39 is 7.82 Å². The quantitative estimate of drug-likeness (QED) is 0.118. The predicted molar refractivity (Wildman–Crippen MR) is 155 cm³/mol. The second-order valence-electron chi connectivity index (χ2n) is 9.47. The molecule has 0 aliphatic carbocycles. The lowest BCUT2D eigenvalue weighted by Gasteiger charge is -2.16. The lowest BCUT2D eigenvalue weighted by molar-refractivity contribution is 0.0971. The van der Waals surface area contributed by atoms with Crippen molar-refractivity contribution in [1.29, 1.82) is 0 Å². The molecule has 11 heteroatoms. The fraction of sp³-hybridized carbons (Fsp3) is 0.188. The summed E-state index contributed by atoms with van der Waals surface area (Å²) in [4.78, 5) is 36.0. The molecule has 0 radical (unpaired) electrons. The maximum atomic E-state index is 13.1. The SMILES string of the molecule is COc1cc(OP(=O)(O)Oc2ccc(C(=O)CCc3ccc(F)cc3)c(OC)c2)ccc1C(=O)CCc1ccc(F)cc1. The van der Waals surface area contributed by atoms with Gasteiger partial charge in [-0.15, -0.1) is 0 Å². The molecule has 0 aromatic heterocycles. The van der Waals surface area contributed by atoms with Crippen molar-refractivity contribution in [2.24, 2.45) is 0 Å². The maximum absolute atomic E-state index is 13.1. The zero-order chi connectivity index (χ0) is 31.0. The fourth-order valence-corrected chi connectivity index (χ4v) is 5.09. The fourth-order valence-electron chi connectivity index (χ4n) is 4.29. The largest absolute Gasteiger partial charge is 0.584 e. The first-order chi connectivity index (χ1) is 20.6. The topological polar surface area (TPSA) is 108 Å². The van der Waals surface area contributed by atoms with Crippen molar-refractivity contribution in [3.8, 4) is 23.0 Å². The van der Waals surface area contributed by atoms with Crippen molar-refractivity contribution in [1.82, 2.24) is 0 Å². The van der Waals surface area contributed by atoms with Gasteiger partial charge in [0.15, 0.2) is 11.6 Å². The molecule has 0 spiro atoms. The van der Waals surface area contributed by atoms with Crippen LogP contribution in [0.3, 0.4) is 0 Å². The molecule has 0 fully saturated rings. The summed E-state index contributed by atoms with van der Waals surface area (Å²) >= 11 is 0. The number of aryl methyl sites for hydroxylation is 2. The summed E-state index contributed by atoms with van der Waals surface area (Å²) < 4.78 is 60.0. The summed E-state index contributed by atoms with van der Waals surface area (Å²) in [6, 6.07) is 19.8. The molecule has 0 atom stereocenters. The Labute approximate surface area is 247 Å². The molecule has 0 bridgehead atoms. The Morgan fingerprint density at radius 3 is 1.37 bits per heavy atom. The number of hydrogen-bond acceptors (Lipinski definition) is 7. The van der Waals surface area contributed by atoms with Crippen LogP contribution in [-0.2, 0) is 17.4 Å². The summed E-state index contributed by atoms with van der Waals surface area (Å²) in [5.74, 6) is -1.11. The Morgan fingerprint density at radius 2 is 1.02 bits per heavy atom. The van der Waals surface area contributed by atoms with Gasteiger partial charge in [-0.1, -0.05) is 24.3 Å². The third-order valence-corrected chi connectivity index (χ3v) is 7.38. The first kappa shape index (κ1) is 31.4. The Bertz CT molecular complexity index is 1520. The Hall–Kier alpha value is -4.53. The van der Waals surface area contributed by atoms with Gasteiger partial charge < -0.3 is 18.5 Å². The van der Waals surface area contributed by atoms with E-state index in [2.05, 4.69) is 0 Å². The van der Waals surface area contributed by atoms with E-state index in [0.717, 1.165) is 11.1 Å². The number of ketones is 2. The molecule has 4 aromatic rings. The molecule has 0 amide bonds. The van der Waals surface area contributed by atoms with E-state index in [1.807, 2.05) is 0 Å². The van der Waals surface area contributed by atoms with E-state index in [9.17, 15) is 27.8 Å². The Balaban J connectivity index is 1.39. The van der Waals surface area contributed by atoms with Crippen molar-refractivity contribution in [3.63, 3.8) is 0 Å². The molecule has 0 saturated heterocycles. The number of ether oxygens (including phenoxy) is 2. The van der Waals surface area contributed by atoms with E-state index in [4.69, 9.17) is 18.5 Å². The lowest BCUT2D eigenvalue weighted by Crippen LogP contribution is -2.06. The van der Waals surface area contributed by atoms with E-state index in [0.29, 0.717) is 12.8 Å². The van der Waals surface area contributed by atoms with Gasteiger partial charge in [0, 0.05) is 25.0 Å². The van der Waals surface area contributed by atoms with Crippen LogP contribution >= 0.6 is 7.82 Å². The summed E-state index contributed by atoms with van der Waals surface area (Å²) in [6.45, 7) is 0. The molecule has 0 unspecified atom stereocenters. The summed E-state index contributed by atoms with van der Waals surface area (Å²) in [5.41, 5.74) is 2.09. The summed E-state index contributed by atoms with van der Waals surface area (Å²) in [7, 11) is -2.04. The first-order valence-electron chi connectivity index (χ1n) is 13.2. The van der Waals surface area contributed by atoms with Crippen LogP contribution in [0.15, 0.2) is 84.9 Å². The first-order valence-corrected chi connectivity index (χ1v) is 14.7. The van der Waals surface area contributed by atoms with Crippen molar-refractivity contribution in [2.75, 3.05) is 14.2 Å². The number of phosphoric acid groups is 1. The number of carbonyl (C=O) groups excluding carboxylic acids is 2. The molecule has 8 nitrogen and oxygen atoms in total. The lowest BCUT2D eigenvalue weighted by atomic mass is 10.0. The van der Waals surface area contributed by atoms with Crippen molar-refractivity contribution in [2.45, 2.75) is 25.7 Å². The monoisotopic (exact) mass is 610 g/mol. The van der Waals surface area contributed by atoms with Crippen LogP contribution < -0.4 is 18.5 Å². The molecule has 0 aliphatic heterocycles. The molecule has 4 rings (SSSR count). The molecule has 43 heavy (non-hydrogen) atoms. The van der Waals surface area contributed by atoms with Gasteiger partial charge in [-0.3, -0.25) is 14.5 Å². The normalized spacial score (nSPS) is 11.1. The van der Waals surface area contributed by atoms with Gasteiger partial charge in [0.1, 0.15) is 34.6 Å². The average Bonchev–Trinajstić information content (AvgIpc) is 2.99. The summed E-state index contributed by atoms with van der Waals surface area (Å²) in [5, 5.41) is 0. The number of phosphoric ester groups is 1. The minimum absolute atomic E-state index is 0.0858. The zero-order valence-corrected chi connectivity index (χ0v) is 24.3. The molecule has 4 aromatic carbocycles. The standard InChI is InChI=1S/C32H29F2O8P/c1-39-31-19-25(13-15-27(31)29(35)17-7-21-3-9-23(33)10-4-21)41-43(37,38)42-26-14-16-28(32(20-26)40-2)30(36)18-8-22-5-11-24(34)12-6-22/h3-6,9-16,19-20H,7-8,17-18H2,1-2H3,(H,37,38). The summed E-state index contributed by atoms with van der Waals surface area (Å²) in [6.07, 6.45) is 1.05. The Morgan fingerprint density at radius 1 is 0.651 bits per heavy atom. The molecule has 224 valence electrons. The van der Waals surface area contributed by atoms with Crippen LogP contribution in [0.25, 0.3) is 0 Å². The number of rotatable bonds is 14. The smallest absolute Gasteiger partial charge is 0.496 e. The highest BCUT2D eigenvalue weighted by Crippen LogP contribution is 2.46. The third kappa shape index (κ3) is 8.73. The van der Waals surface area contributed by atoms with E-state index in [-0.39, 0.29) is 70.2 Å². The molecule has 0 saturated carbocycles. The van der Waals surface area contributed by atoms with Gasteiger partial charge in [0.25, 0.3) is 0 Å². The maximum Gasteiger partial charge on any atom is 0.584 e. The van der Waals surface area contributed by atoms with Crippen LogP contribution in [0.2, 0.25) is 0 Å². The van der Waals surface area contributed by atoms with Crippen LogP contribution in [0, 0.1) is 11.6 Å². The number of methoxy groups -OCH3 is 2. The number of hydrogen-bond donors (Lipinski definition) is 1. The number of halogens is 2. The van der Waals surface area contributed by atoms with Gasteiger partial charge in [0.05, 0.1) is 25.3 Å². The van der Waals surface area contributed by atoms with Crippen molar-refractivity contribution < 1.29 is 46.3 Å². The van der Waals surface area contributed by atoms with Crippen LogP contribution in [0.1, 0.15) is 44.7 Å². The second-order valence-corrected chi connectivity index (χ2v) is 10.8. The van der Waals surface area contributed by atoms with Gasteiger partial charge >= 0.3 is 7.82 Å². The molecule has 1 N–H and O–H groups in total. The van der Waals surface area contributed by atoms with Gasteiger partial charge in [0.2, 0.25) is 0 Å². The third-order valence-electron chi connectivity index (χ3n) is 6.50. The number of benzene rings is 4. The minimum Gasteiger partial charge on any atom is -0.496 e. The van der Waals surface area contributed by atoms with E-state index >= 15 is 0 Å². The average molecular weight is 611 g/mol. The predicted octanol–water partition coefficient (Wildman–Crippen LogP) is 7.17. The molecular weight excluding hydrogens is 581 g/mol.